The predicted octanol–water partition coefficient (Wildman–Crippen LogP) is 3.95. The molecule has 0 unspecified atom stereocenters. The molecule has 1 amide bonds. The van der Waals surface area contributed by atoms with Gasteiger partial charge in [0.2, 0.25) is 17.6 Å². The fourth-order valence-corrected chi connectivity index (χ4v) is 3.17. The van der Waals surface area contributed by atoms with Crippen LogP contribution in [0.3, 0.4) is 0 Å². The van der Waals surface area contributed by atoms with Gasteiger partial charge in [-0.2, -0.15) is 4.98 Å². The minimum Gasteiger partial charge on any atom is -0.497 e. The Morgan fingerprint density at radius 3 is 2.74 bits per heavy atom. The lowest BCUT2D eigenvalue weighted by molar-refractivity contribution is -0.118. The highest BCUT2D eigenvalue weighted by molar-refractivity contribution is 7.99. The average molecular weight is 404 g/mol. The summed E-state index contributed by atoms with van der Waals surface area (Å²) in [6, 6.07) is 14.8. The first kappa shape index (κ1) is 19.3. The van der Waals surface area contributed by atoms with Crippen LogP contribution in [0.4, 0.5) is 0 Å². The molecule has 0 atom stereocenters. The van der Waals surface area contributed by atoms with E-state index >= 15 is 0 Å². The van der Waals surface area contributed by atoms with Crippen molar-refractivity contribution in [3.05, 3.63) is 65.0 Å². The second-order valence-electron chi connectivity index (χ2n) is 5.60. The molecule has 0 aliphatic heterocycles. The fourth-order valence-electron chi connectivity index (χ4n) is 2.29. The molecule has 1 N–H and O–H groups in total. The Bertz CT molecular complexity index is 899. The Morgan fingerprint density at radius 1 is 1.22 bits per heavy atom. The summed E-state index contributed by atoms with van der Waals surface area (Å²) in [5, 5.41) is 7.46. The van der Waals surface area contributed by atoms with Crippen molar-refractivity contribution in [1.82, 2.24) is 15.5 Å². The fraction of sp³-hybridized carbons (Fsp3) is 0.211. The number of nitrogens with one attached hydrogen (secondary N) is 1. The van der Waals surface area contributed by atoms with Crippen molar-refractivity contribution in [2.24, 2.45) is 0 Å². The molecule has 140 valence electrons. The average Bonchev–Trinajstić information content (AvgIpc) is 3.16. The molecule has 1 heterocycles. The van der Waals surface area contributed by atoms with Gasteiger partial charge in [0.1, 0.15) is 5.75 Å². The van der Waals surface area contributed by atoms with E-state index in [9.17, 15) is 4.79 Å². The highest BCUT2D eigenvalue weighted by Gasteiger charge is 2.10. The number of methoxy groups -OCH3 is 1. The molecule has 8 heteroatoms. The van der Waals surface area contributed by atoms with Crippen LogP contribution >= 0.6 is 23.4 Å². The molecule has 0 aliphatic carbocycles. The standard InChI is InChI=1S/C19H18ClN3O3S/c1-25-15-8-6-13(7-9-15)19-22-18(26-23-19)12-27-11-17(24)21-10-14-4-2-3-5-16(14)20/h2-9H,10-12H2,1H3,(H,21,24). The molecule has 2 aromatic carbocycles. The van der Waals surface area contributed by atoms with Crippen molar-refractivity contribution >= 4 is 29.3 Å². The minimum absolute atomic E-state index is 0.0742. The number of rotatable bonds is 8. The summed E-state index contributed by atoms with van der Waals surface area (Å²) in [5.74, 6) is 2.43. The SMILES string of the molecule is COc1ccc(-c2noc(CSCC(=O)NCc3ccccc3Cl)n2)cc1. The second kappa shape index (κ2) is 9.43. The summed E-state index contributed by atoms with van der Waals surface area (Å²) >= 11 is 7.48. The van der Waals surface area contributed by atoms with Gasteiger partial charge in [0.25, 0.3) is 0 Å². The third kappa shape index (κ3) is 5.48. The smallest absolute Gasteiger partial charge is 0.236 e. The van der Waals surface area contributed by atoms with E-state index in [1.54, 1.807) is 13.2 Å². The molecule has 0 fully saturated rings. The van der Waals surface area contributed by atoms with Crippen LogP contribution in [0.25, 0.3) is 11.4 Å². The first-order chi connectivity index (χ1) is 13.2. The van der Waals surface area contributed by atoms with Gasteiger partial charge < -0.3 is 14.6 Å². The third-order valence-electron chi connectivity index (χ3n) is 3.71. The lowest BCUT2D eigenvalue weighted by atomic mass is 10.2. The number of carbonyl (C=O) groups is 1. The van der Waals surface area contributed by atoms with Gasteiger partial charge in [0, 0.05) is 17.1 Å². The number of thioether (sulfide) groups is 1. The maximum atomic E-state index is 12.0. The van der Waals surface area contributed by atoms with Gasteiger partial charge >= 0.3 is 0 Å². The Morgan fingerprint density at radius 2 is 2.00 bits per heavy atom. The van der Waals surface area contributed by atoms with Gasteiger partial charge in [-0.05, 0) is 35.9 Å². The number of halogens is 1. The Balaban J connectivity index is 1.44. The first-order valence-corrected chi connectivity index (χ1v) is 9.74. The Labute approximate surface area is 166 Å². The van der Waals surface area contributed by atoms with Crippen molar-refractivity contribution in [3.63, 3.8) is 0 Å². The van der Waals surface area contributed by atoms with E-state index in [-0.39, 0.29) is 5.91 Å². The van der Waals surface area contributed by atoms with Crippen LogP contribution in [0.15, 0.2) is 53.1 Å². The summed E-state index contributed by atoms with van der Waals surface area (Å²) < 4.78 is 10.4. The normalized spacial score (nSPS) is 10.6. The van der Waals surface area contributed by atoms with Gasteiger partial charge in [-0.1, -0.05) is 35.0 Å². The van der Waals surface area contributed by atoms with E-state index in [1.165, 1.54) is 11.8 Å². The molecule has 0 spiro atoms. The van der Waals surface area contributed by atoms with Gasteiger partial charge in [0.15, 0.2) is 0 Å². The van der Waals surface area contributed by atoms with Crippen LogP contribution in [0.5, 0.6) is 5.75 Å². The van der Waals surface area contributed by atoms with E-state index in [2.05, 4.69) is 15.5 Å². The number of ether oxygens (including phenoxy) is 1. The largest absolute Gasteiger partial charge is 0.497 e. The molecule has 0 saturated heterocycles. The molecule has 1 aromatic heterocycles. The molecule has 6 nitrogen and oxygen atoms in total. The van der Waals surface area contributed by atoms with Gasteiger partial charge in [0.05, 0.1) is 18.6 Å². The monoisotopic (exact) mass is 403 g/mol. The quantitative estimate of drug-likeness (QED) is 0.613. The van der Waals surface area contributed by atoms with Crippen LogP contribution < -0.4 is 10.1 Å². The van der Waals surface area contributed by atoms with E-state index in [1.807, 2.05) is 42.5 Å². The van der Waals surface area contributed by atoms with Crippen molar-refractivity contribution in [1.29, 1.82) is 0 Å². The molecule has 0 bridgehead atoms. The van der Waals surface area contributed by atoms with Gasteiger partial charge in [-0.25, -0.2) is 0 Å². The third-order valence-corrected chi connectivity index (χ3v) is 4.99. The van der Waals surface area contributed by atoms with E-state index < -0.39 is 0 Å². The van der Waals surface area contributed by atoms with Crippen LogP contribution in [-0.4, -0.2) is 28.9 Å². The summed E-state index contributed by atoms with van der Waals surface area (Å²) in [4.78, 5) is 16.3. The summed E-state index contributed by atoms with van der Waals surface area (Å²) in [6.07, 6.45) is 0. The topological polar surface area (TPSA) is 77.2 Å². The summed E-state index contributed by atoms with van der Waals surface area (Å²) in [7, 11) is 1.61. The zero-order chi connectivity index (χ0) is 19.1. The molecule has 27 heavy (non-hydrogen) atoms. The molecule has 0 saturated carbocycles. The Kier molecular flexibility index (Phi) is 6.73. The molecule has 0 radical (unpaired) electrons. The maximum absolute atomic E-state index is 12.0. The van der Waals surface area contributed by atoms with Crippen molar-refractivity contribution < 1.29 is 14.1 Å². The highest BCUT2D eigenvalue weighted by atomic mass is 35.5. The van der Waals surface area contributed by atoms with Crippen LogP contribution in [0, 0.1) is 0 Å². The molecule has 3 aromatic rings. The molecule has 0 aliphatic rings. The zero-order valence-corrected chi connectivity index (χ0v) is 16.2. The lowest BCUT2D eigenvalue weighted by Crippen LogP contribution is -2.24. The summed E-state index contributed by atoms with van der Waals surface area (Å²) in [6.45, 7) is 0.404. The predicted molar refractivity (Wildman–Crippen MR) is 106 cm³/mol. The Hall–Kier alpha value is -2.51. The zero-order valence-electron chi connectivity index (χ0n) is 14.6. The molecule has 3 rings (SSSR count). The van der Waals surface area contributed by atoms with Crippen LogP contribution in [0.1, 0.15) is 11.5 Å². The van der Waals surface area contributed by atoms with Crippen LogP contribution in [0.2, 0.25) is 5.02 Å². The maximum Gasteiger partial charge on any atom is 0.236 e. The number of hydrogen-bond acceptors (Lipinski definition) is 6. The number of carbonyl (C=O) groups excluding carboxylic acids is 1. The van der Waals surface area contributed by atoms with Gasteiger partial charge in [-0.3, -0.25) is 4.79 Å². The van der Waals surface area contributed by atoms with E-state index in [0.29, 0.717) is 34.8 Å². The number of aromatic nitrogens is 2. The molecular weight excluding hydrogens is 386 g/mol. The van der Waals surface area contributed by atoms with Crippen molar-refractivity contribution in [2.75, 3.05) is 12.9 Å². The highest BCUT2D eigenvalue weighted by Crippen LogP contribution is 2.21. The minimum atomic E-state index is -0.0742. The number of hydrogen-bond donors (Lipinski definition) is 1. The summed E-state index contributed by atoms with van der Waals surface area (Å²) in [5.41, 5.74) is 1.73. The van der Waals surface area contributed by atoms with E-state index in [4.69, 9.17) is 20.9 Å². The lowest BCUT2D eigenvalue weighted by Gasteiger charge is -2.06. The van der Waals surface area contributed by atoms with Crippen molar-refractivity contribution in [3.8, 4) is 17.1 Å². The number of benzene rings is 2. The number of nitrogens with zero attached hydrogens (tertiary/aromatic N) is 2. The second-order valence-corrected chi connectivity index (χ2v) is 6.99. The van der Waals surface area contributed by atoms with Gasteiger partial charge in [-0.15, -0.1) is 11.8 Å². The number of amides is 1. The molecular formula is C19H18ClN3O3S. The first-order valence-electron chi connectivity index (χ1n) is 8.20. The van der Waals surface area contributed by atoms with Crippen molar-refractivity contribution in [2.45, 2.75) is 12.3 Å². The van der Waals surface area contributed by atoms with E-state index in [0.717, 1.165) is 16.9 Å². The van der Waals surface area contributed by atoms with Crippen LogP contribution in [-0.2, 0) is 17.1 Å².